The molecule has 1 aliphatic rings. The van der Waals surface area contributed by atoms with Crippen molar-refractivity contribution in [3.8, 4) is 11.1 Å². The van der Waals surface area contributed by atoms with Crippen LogP contribution in [0.4, 0.5) is 39.5 Å². The number of carboxylic acid groups (broad SMARTS) is 1. The Kier molecular flexibility index (Phi) is 9.25. The van der Waals surface area contributed by atoms with Crippen LogP contribution >= 0.6 is 0 Å². The molecule has 5 rings (SSSR count). The average molecular weight is 702 g/mol. The Bertz CT molecular complexity index is 1980. The van der Waals surface area contributed by atoms with E-state index in [1.54, 1.807) is 0 Å². The third-order valence-corrected chi connectivity index (χ3v) is 8.99. The van der Waals surface area contributed by atoms with E-state index < -0.39 is 97.4 Å². The van der Waals surface area contributed by atoms with Crippen LogP contribution in [0, 0.1) is 5.41 Å². The number of likely N-dealkylation sites (tertiary alicyclic amines) is 1. The summed E-state index contributed by atoms with van der Waals surface area (Å²) < 4.78 is 126. The number of piperidine rings is 1. The van der Waals surface area contributed by atoms with Crippen molar-refractivity contribution in [2.45, 2.75) is 43.8 Å². The Morgan fingerprint density at radius 2 is 1.45 bits per heavy atom. The molecular weight excluding hydrogens is 673 g/mol. The lowest BCUT2D eigenvalue weighted by Gasteiger charge is -2.42. The molecule has 2 heterocycles. The molecule has 1 fully saturated rings. The molecule has 0 bridgehead atoms. The molecule has 0 spiro atoms. The van der Waals surface area contributed by atoms with Crippen LogP contribution in [0.1, 0.15) is 24.0 Å². The molecule has 0 aliphatic carbocycles. The fourth-order valence-corrected chi connectivity index (χ4v) is 6.51. The zero-order chi connectivity index (χ0) is 36.1. The first-order valence-electron chi connectivity index (χ1n) is 14.8. The van der Waals surface area contributed by atoms with Gasteiger partial charge >= 0.3 is 24.5 Å². The number of hydrogen-bond donors (Lipinski definition) is 2. The molecule has 1 saturated heterocycles. The fourth-order valence-electron chi connectivity index (χ4n) is 6.51. The number of para-hydroxylation sites is 1. The zero-order valence-corrected chi connectivity index (χ0v) is 25.6. The molecular formula is C33H28F9N3O4. The Labute approximate surface area is 271 Å². The van der Waals surface area contributed by atoms with E-state index in [-0.39, 0.29) is 32.8 Å². The van der Waals surface area contributed by atoms with Gasteiger partial charge in [-0.1, -0.05) is 54.6 Å². The van der Waals surface area contributed by atoms with Crippen molar-refractivity contribution in [2.24, 2.45) is 12.5 Å². The number of aryl methyl sites for hydroxylation is 1. The van der Waals surface area contributed by atoms with Gasteiger partial charge in [0, 0.05) is 18.9 Å². The van der Waals surface area contributed by atoms with Crippen molar-refractivity contribution in [2.75, 3.05) is 19.6 Å². The number of hydrogen-bond acceptors (Lipinski definition) is 4. The molecule has 1 aliphatic heterocycles. The number of aliphatic carboxylic acids is 1. The summed E-state index contributed by atoms with van der Waals surface area (Å²) in [5.74, 6) is -3.44. The summed E-state index contributed by atoms with van der Waals surface area (Å²) >= 11 is 0. The Balaban J connectivity index is 1.53. The van der Waals surface area contributed by atoms with Crippen molar-refractivity contribution >= 4 is 33.6 Å². The number of aromatic nitrogens is 1. The molecule has 0 unspecified atom stereocenters. The zero-order valence-electron chi connectivity index (χ0n) is 25.6. The number of nitrogens with one attached hydrogen (secondary N) is 1. The number of fused-ring (bicyclic) bond motifs is 2. The average Bonchev–Trinajstić information content (AvgIpc) is 3.00. The van der Waals surface area contributed by atoms with Crippen LogP contribution < -0.4 is 10.9 Å². The molecule has 49 heavy (non-hydrogen) atoms. The third kappa shape index (κ3) is 6.82. The van der Waals surface area contributed by atoms with Gasteiger partial charge in [-0.05, 0) is 53.9 Å². The summed E-state index contributed by atoms with van der Waals surface area (Å²) in [5, 5.41) is 11.9. The summed E-state index contributed by atoms with van der Waals surface area (Å²) in [4.78, 5) is 39.7. The van der Waals surface area contributed by atoms with Crippen molar-refractivity contribution in [1.82, 2.24) is 14.8 Å². The number of amides is 1. The second kappa shape index (κ2) is 12.7. The van der Waals surface area contributed by atoms with Crippen molar-refractivity contribution < 1.29 is 54.2 Å². The van der Waals surface area contributed by atoms with Crippen LogP contribution in [0.5, 0.6) is 0 Å². The molecule has 7 nitrogen and oxygen atoms in total. The number of nitrogens with zero attached hydrogens (tertiary/aromatic N) is 2. The van der Waals surface area contributed by atoms with Gasteiger partial charge in [-0.15, -0.1) is 0 Å². The minimum atomic E-state index is -5.22. The summed E-state index contributed by atoms with van der Waals surface area (Å²) in [6.07, 6.45) is -17.6. The van der Waals surface area contributed by atoms with Gasteiger partial charge in [0.2, 0.25) is 5.91 Å². The molecule has 1 amide bonds. The van der Waals surface area contributed by atoms with Crippen LogP contribution in [0.25, 0.3) is 32.8 Å². The molecule has 1 atom stereocenters. The van der Waals surface area contributed by atoms with Gasteiger partial charge in [-0.2, -0.15) is 39.5 Å². The molecule has 4 aromatic rings. The van der Waals surface area contributed by atoms with E-state index in [0.29, 0.717) is 0 Å². The number of halogens is 9. The van der Waals surface area contributed by atoms with Gasteiger partial charge in [-0.3, -0.25) is 14.5 Å². The second-order valence-electron chi connectivity index (χ2n) is 12.0. The Morgan fingerprint density at radius 3 is 2.04 bits per heavy atom. The highest BCUT2D eigenvalue weighted by Crippen LogP contribution is 2.47. The maximum atomic E-state index is 14.6. The standard InChI is InChI=1S/C33H28F9N3O4/c1-44-24-11-3-2-7-22(24)26(32(37,38)39)25(27(44)46)21-10-5-8-19-18(6-4-9-20(19)21)16-23(28(47)48)43-29(49)30(33(40,41)42)12-14-45(15-13-30)17-31(34,35)36/h2-11,23H,12-17H2,1H3,(H,43,49)(H,47,48)/t23-/m0/s1. The molecule has 0 radical (unpaired) electrons. The number of pyridine rings is 1. The van der Waals surface area contributed by atoms with Crippen molar-refractivity contribution in [3.63, 3.8) is 0 Å². The summed E-state index contributed by atoms with van der Waals surface area (Å²) in [7, 11) is 1.32. The topological polar surface area (TPSA) is 91.6 Å². The van der Waals surface area contributed by atoms with Gasteiger partial charge in [0.05, 0.1) is 23.2 Å². The van der Waals surface area contributed by atoms with Crippen LogP contribution in [-0.2, 0) is 29.2 Å². The lowest BCUT2D eigenvalue weighted by atomic mass is 9.76. The summed E-state index contributed by atoms with van der Waals surface area (Å²) in [5.41, 5.74) is -5.93. The van der Waals surface area contributed by atoms with Crippen LogP contribution in [0.3, 0.4) is 0 Å². The second-order valence-corrected chi connectivity index (χ2v) is 12.0. The maximum Gasteiger partial charge on any atom is 0.417 e. The van der Waals surface area contributed by atoms with Gasteiger partial charge in [0.25, 0.3) is 5.56 Å². The first kappa shape index (κ1) is 35.7. The van der Waals surface area contributed by atoms with E-state index in [1.807, 2.05) is 5.32 Å². The summed E-state index contributed by atoms with van der Waals surface area (Å²) in [6.45, 7) is -2.91. The minimum absolute atomic E-state index is 0.0344. The predicted octanol–water partition coefficient (Wildman–Crippen LogP) is 6.70. The van der Waals surface area contributed by atoms with Gasteiger partial charge in [0.1, 0.15) is 11.5 Å². The smallest absolute Gasteiger partial charge is 0.417 e. The number of carboxylic acids is 1. The lowest BCUT2D eigenvalue weighted by molar-refractivity contribution is -0.236. The molecule has 3 aromatic carbocycles. The van der Waals surface area contributed by atoms with Crippen molar-refractivity contribution in [3.05, 3.63) is 82.1 Å². The predicted molar refractivity (Wildman–Crippen MR) is 161 cm³/mol. The fraction of sp³-hybridized carbons (Fsp3) is 0.364. The molecule has 16 heteroatoms. The number of rotatable bonds is 7. The van der Waals surface area contributed by atoms with Crippen molar-refractivity contribution in [1.29, 1.82) is 0 Å². The van der Waals surface area contributed by atoms with Crippen LogP contribution in [0.2, 0.25) is 0 Å². The first-order valence-corrected chi connectivity index (χ1v) is 14.8. The van der Waals surface area contributed by atoms with E-state index in [0.717, 1.165) is 9.47 Å². The van der Waals surface area contributed by atoms with E-state index in [9.17, 15) is 59.0 Å². The highest BCUT2D eigenvalue weighted by atomic mass is 19.4. The SMILES string of the molecule is Cn1c(=O)c(-c2cccc3c(C[C@H](NC(=O)C4(C(F)(F)F)CCN(CC(F)(F)F)CC4)C(=O)O)cccc23)c(C(F)(F)F)c2ccccc21. The Hall–Kier alpha value is -4.60. The lowest BCUT2D eigenvalue weighted by Crippen LogP contribution is -2.59. The van der Waals surface area contributed by atoms with Gasteiger partial charge < -0.3 is 15.0 Å². The van der Waals surface area contributed by atoms with E-state index in [2.05, 4.69) is 0 Å². The monoisotopic (exact) mass is 701 g/mol. The highest BCUT2D eigenvalue weighted by Gasteiger charge is 2.61. The molecule has 2 N–H and O–H groups in total. The summed E-state index contributed by atoms with van der Waals surface area (Å²) in [6, 6.07) is 11.7. The van der Waals surface area contributed by atoms with E-state index >= 15 is 0 Å². The quantitative estimate of drug-likeness (QED) is 0.210. The van der Waals surface area contributed by atoms with Gasteiger partial charge in [0.15, 0.2) is 0 Å². The maximum absolute atomic E-state index is 14.6. The number of benzene rings is 3. The Morgan fingerprint density at radius 1 is 0.857 bits per heavy atom. The van der Waals surface area contributed by atoms with E-state index in [4.69, 9.17) is 0 Å². The highest BCUT2D eigenvalue weighted by molar-refractivity contribution is 6.02. The molecule has 262 valence electrons. The number of carbonyl (C=O) groups excluding carboxylic acids is 1. The molecule has 0 saturated carbocycles. The minimum Gasteiger partial charge on any atom is -0.480 e. The van der Waals surface area contributed by atoms with Gasteiger partial charge in [-0.25, -0.2) is 4.79 Å². The number of carbonyl (C=O) groups is 2. The number of alkyl halides is 9. The first-order chi connectivity index (χ1) is 22.7. The largest absolute Gasteiger partial charge is 0.480 e. The van der Waals surface area contributed by atoms with Crippen LogP contribution in [0.15, 0.2) is 65.5 Å². The molecule has 1 aromatic heterocycles. The normalized spacial score (nSPS) is 16.5. The third-order valence-electron chi connectivity index (χ3n) is 8.99. The van der Waals surface area contributed by atoms with Crippen LogP contribution in [-0.4, -0.2) is 64.5 Å². The van der Waals surface area contributed by atoms with E-state index in [1.165, 1.54) is 67.7 Å².